The summed E-state index contributed by atoms with van der Waals surface area (Å²) in [6, 6.07) is 6.63. The molecule has 8 nitrogen and oxygen atoms in total. The number of carbonyl (C=O) groups is 1. The van der Waals surface area contributed by atoms with Crippen molar-refractivity contribution >= 4 is 28.0 Å². The van der Waals surface area contributed by atoms with Gasteiger partial charge in [-0.05, 0) is 30.5 Å². The lowest BCUT2D eigenvalue weighted by molar-refractivity contribution is -0.212. The molecule has 2 aliphatic heterocycles. The minimum Gasteiger partial charge on any atom is -0.858 e. The summed E-state index contributed by atoms with van der Waals surface area (Å²) in [6.07, 6.45) is 1.00. The van der Waals surface area contributed by atoms with Crippen molar-refractivity contribution in [1.29, 1.82) is 0 Å². The van der Waals surface area contributed by atoms with E-state index in [1.54, 1.807) is 24.3 Å². The van der Waals surface area contributed by atoms with E-state index in [9.17, 15) is 23.4 Å². The molecule has 9 heteroatoms. The third kappa shape index (κ3) is 5.51. The van der Waals surface area contributed by atoms with Gasteiger partial charge in [-0.15, -0.1) is 4.40 Å². The third-order valence-corrected chi connectivity index (χ3v) is 3.23. The van der Waals surface area contributed by atoms with Crippen molar-refractivity contribution in [2.75, 3.05) is 0 Å². The van der Waals surface area contributed by atoms with Crippen LogP contribution in [0.5, 0.6) is 0 Å². The van der Waals surface area contributed by atoms with Crippen molar-refractivity contribution in [2.24, 2.45) is 9.39 Å². The Kier molecular flexibility index (Phi) is 8.67. The van der Waals surface area contributed by atoms with Crippen LogP contribution in [0, 0.1) is 0 Å². The van der Waals surface area contributed by atoms with Crippen molar-refractivity contribution < 1.29 is 27.6 Å². The number of nitrogens with zero attached hydrogens (tertiary/aromatic N) is 2. The summed E-state index contributed by atoms with van der Waals surface area (Å²) in [7, 11) is -3.97. The molecule has 3 rings (SSSR count). The fourth-order valence-electron chi connectivity index (χ4n) is 1.59. The molecule has 24 heavy (non-hydrogen) atoms. The SMILES string of the molecule is C.C.C.CC1=CC([O-])=NS(=O)(=O)O1.O=C1N=C([O-])c2ccccc21. The molecule has 0 unspecified atom stereocenters. The average Bonchev–Trinajstić information content (AvgIpc) is 2.63. The van der Waals surface area contributed by atoms with Crippen LogP contribution in [0.3, 0.4) is 0 Å². The average molecular weight is 356 g/mol. The van der Waals surface area contributed by atoms with E-state index >= 15 is 0 Å². The molecule has 0 saturated carbocycles. The summed E-state index contributed by atoms with van der Waals surface area (Å²) >= 11 is 0. The molecule has 0 radical (unpaired) electrons. The Morgan fingerprint density at radius 2 is 1.58 bits per heavy atom. The Morgan fingerprint density at radius 3 is 2.04 bits per heavy atom. The van der Waals surface area contributed by atoms with Gasteiger partial charge in [0.1, 0.15) is 5.76 Å². The Balaban J connectivity index is 0. The number of fused-ring (bicyclic) bond motifs is 1. The number of hydrogen-bond acceptors (Lipinski definition) is 6. The molecule has 0 saturated heterocycles. The van der Waals surface area contributed by atoms with Gasteiger partial charge in [0.25, 0.3) is 5.91 Å². The summed E-state index contributed by atoms with van der Waals surface area (Å²) in [6.45, 7) is 1.37. The van der Waals surface area contributed by atoms with Gasteiger partial charge in [-0.3, -0.25) is 4.79 Å². The molecule has 0 spiro atoms. The minimum atomic E-state index is -3.97. The highest BCUT2D eigenvalue weighted by Gasteiger charge is 2.15. The second kappa shape index (κ2) is 8.82. The van der Waals surface area contributed by atoms with Crippen LogP contribution in [-0.2, 0) is 14.5 Å². The Morgan fingerprint density at radius 1 is 1.04 bits per heavy atom. The molecule has 0 fully saturated rings. The molecular weight excluding hydrogens is 336 g/mol. The maximum atomic E-state index is 10.9. The van der Waals surface area contributed by atoms with Crippen molar-refractivity contribution in [3.63, 3.8) is 0 Å². The van der Waals surface area contributed by atoms with Gasteiger partial charge < -0.3 is 14.4 Å². The highest BCUT2D eigenvalue weighted by Crippen LogP contribution is 2.15. The van der Waals surface area contributed by atoms with Crippen LogP contribution in [0.1, 0.15) is 45.1 Å². The van der Waals surface area contributed by atoms with E-state index in [1.165, 1.54) is 6.92 Å². The van der Waals surface area contributed by atoms with Gasteiger partial charge in [-0.25, -0.2) is 4.99 Å². The van der Waals surface area contributed by atoms with Gasteiger partial charge in [0.05, 0.1) is 0 Å². The van der Waals surface area contributed by atoms with Crippen molar-refractivity contribution in [2.45, 2.75) is 29.2 Å². The Bertz CT molecular complexity index is 794. The zero-order valence-electron chi connectivity index (χ0n) is 10.6. The van der Waals surface area contributed by atoms with E-state index in [2.05, 4.69) is 13.6 Å². The van der Waals surface area contributed by atoms with Crippen molar-refractivity contribution in [3.05, 3.63) is 47.2 Å². The zero-order valence-corrected chi connectivity index (χ0v) is 11.5. The van der Waals surface area contributed by atoms with Crippen LogP contribution in [-0.4, -0.2) is 26.1 Å². The first kappa shape index (κ1) is 23.6. The first-order valence-electron chi connectivity index (χ1n) is 5.57. The normalized spacial score (nSPS) is 16.0. The summed E-state index contributed by atoms with van der Waals surface area (Å²) in [4.78, 5) is 14.2. The number of allylic oxidation sites excluding steroid dienone is 1. The largest absolute Gasteiger partial charge is 0.858 e. The molecule has 1 aromatic carbocycles. The first-order valence-corrected chi connectivity index (χ1v) is 6.94. The van der Waals surface area contributed by atoms with E-state index in [4.69, 9.17) is 0 Å². The fraction of sp³-hybridized carbons (Fsp3) is 0.267. The quantitative estimate of drug-likeness (QED) is 0.675. The summed E-state index contributed by atoms with van der Waals surface area (Å²) in [5, 5.41) is 21.3. The van der Waals surface area contributed by atoms with Crippen LogP contribution in [0.15, 0.2) is 45.5 Å². The maximum absolute atomic E-state index is 10.9. The molecule has 0 aliphatic carbocycles. The van der Waals surface area contributed by atoms with Gasteiger partial charge in [0.15, 0.2) is 0 Å². The monoisotopic (exact) mass is 356 g/mol. The molecule has 1 amide bonds. The van der Waals surface area contributed by atoms with Gasteiger partial charge >= 0.3 is 10.3 Å². The van der Waals surface area contributed by atoms with Gasteiger partial charge in [-0.2, -0.15) is 8.42 Å². The second-order valence-electron chi connectivity index (χ2n) is 3.96. The van der Waals surface area contributed by atoms with Crippen LogP contribution < -0.4 is 10.2 Å². The Hall–Kier alpha value is -2.68. The predicted octanol–water partition coefficient (Wildman–Crippen LogP) is 0.780. The molecule has 134 valence electrons. The molecular formula is C15H20N2O6S-2. The van der Waals surface area contributed by atoms with Crippen molar-refractivity contribution in [1.82, 2.24) is 0 Å². The minimum absolute atomic E-state index is 0. The van der Waals surface area contributed by atoms with Crippen LogP contribution in [0.2, 0.25) is 0 Å². The second-order valence-corrected chi connectivity index (χ2v) is 5.17. The van der Waals surface area contributed by atoms with Crippen LogP contribution in [0.25, 0.3) is 0 Å². The lowest BCUT2D eigenvalue weighted by Gasteiger charge is -2.12. The molecule has 1 aromatic rings. The molecule has 0 bridgehead atoms. The van der Waals surface area contributed by atoms with E-state index in [-0.39, 0.29) is 28.0 Å². The van der Waals surface area contributed by atoms with Gasteiger partial charge in [0.2, 0.25) is 0 Å². The van der Waals surface area contributed by atoms with E-state index in [0.717, 1.165) is 6.08 Å². The first-order chi connectivity index (χ1) is 9.78. The third-order valence-electron chi connectivity index (χ3n) is 2.36. The lowest BCUT2D eigenvalue weighted by Crippen LogP contribution is -2.21. The number of rotatable bonds is 0. The lowest BCUT2D eigenvalue weighted by atomic mass is 10.1. The number of benzene rings is 1. The summed E-state index contributed by atoms with van der Waals surface area (Å²) in [5.41, 5.74) is 0.829. The number of carbonyl (C=O) groups excluding carboxylic acids is 1. The highest BCUT2D eigenvalue weighted by molar-refractivity contribution is 7.85. The highest BCUT2D eigenvalue weighted by atomic mass is 32.2. The van der Waals surface area contributed by atoms with Gasteiger partial charge in [0, 0.05) is 11.5 Å². The standard InChI is InChI=1S/C8H5NO2.C4H5NO4S.3CH4/c10-7-5-3-1-2-4-6(5)8(11)9-7;1-3-2-4(6)5-10(7,8)9-3;;;/h1-4H,(H,9,10,11);2H,1H3,(H,5,6);3*1H4/p-2. The van der Waals surface area contributed by atoms with Gasteiger partial charge in [-0.1, -0.05) is 40.5 Å². The summed E-state index contributed by atoms with van der Waals surface area (Å²) in [5.74, 6) is -1.61. The molecule has 2 aliphatic rings. The number of hydrogen-bond donors (Lipinski definition) is 0. The molecule has 2 heterocycles. The van der Waals surface area contributed by atoms with Crippen LogP contribution >= 0.6 is 0 Å². The molecule has 0 aromatic heterocycles. The van der Waals surface area contributed by atoms with E-state index < -0.39 is 28.0 Å². The summed E-state index contributed by atoms with van der Waals surface area (Å²) < 4.78 is 27.7. The van der Waals surface area contributed by atoms with Crippen molar-refractivity contribution in [3.8, 4) is 0 Å². The van der Waals surface area contributed by atoms with E-state index in [1.807, 2.05) is 0 Å². The predicted molar refractivity (Wildman–Crippen MR) is 88.7 cm³/mol. The molecule has 0 atom stereocenters. The zero-order chi connectivity index (χ0) is 15.6. The Labute approximate surface area is 142 Å². The smallest absolute Gasteiger partial charge is 0.427 e. The van der Waals surface area contributed by atoms with Crippen LogP contribution in [0.4, 0.5) is 0 Å². The molecule has 0 N–H and O–H groups in total. The topological polar surface area (TPSA) is 131 Å². The number of aliphatic imine (C=N–C) groups is 1. The van der Waals surface area contributed by atoms with E-state index in [0.29, 0.717) is 11.1 Å². The number of amides is 1. The maximum Gasteiger partial charge on any atom is 0.427 e. The fourth-order valence-corrected chi connectivity index (χ4v) is 2.28.